The van der Waals surface area contributed by atoms with Crippen LogP contribution in [0.3, 0.4) is 0 Å². The van der Waals surface area contributed by atoms with Crippen LogP contribution in [0.5, 0.6) is 0 Å². The fraction of sp³-hybridized carbons (Fsp3) is 0.571. The second kappa shape index (κ2) is 5.81. The van der Waals surface area contributed by atoms with E-state index in [0.29, 0.717) is 19.6 Å². The van der Waals surface area contributed by atoms with Crippen LogP contribution < -0.4 is 10.5 Å². The molecule has 0 spiro atoms. The summed E-state index contributed by atoms with van der Waals surface area (Å²) in [6.07, 6.45) is 0.563. The van der Waals surface area contributed by atoms with Gasteiger partial charge < -0.3 is 10.5 Å². The number of nitrogens with two attached hydrogens (primary N) is 1. The van der Waals surface area contributed by atoms with Gasteiger partial charge >= 0.3 is 0 Å². The molecule has 0 amide bonds. The lowest BCUT2D eigenvalue weighted by atomic mass is 9.97. The van der Waals surface area contributed by atoms with E-state index < -0.39 is 15.6 Å². The zero-order chi connectivity index (χ0) is 14.8. The Labute approximate surface area is 120 Å². The molecule has 20 heavy (non-hydrogen) atoms. The number of hydrogen-bond donors (Lipinski definition) is 2. The molecule has 6 heteroatoms. The normalized spacial score (nSPS) is 26.9. The van der Waals surface area contributed by atoms with Crippen LogP contribution in [0.2, 0.25) is 0 Å². The van der Waals surface area contributed by atoms with E-state index in [4.69, 9.17) is 10.5 Å². The largest absolute Gasteiger partial charge is 0.376 e. The van der Waals surface area contributed by atoms with Crippen molar-refractivity contribution in [1.29, 1.82) is 0 Å². The minimum Gasteiger partial charge on any atom is -0.376 e. The minimum atomic E-state index is -3.43. The second-order valence-electron chi connectivity index (χ2n) is 5.51. The topological polar surface area (TPSA) is 81.4 Å². The monoisotopic (exact) mass is 298 g/mol. The van der Waals surface area contributed by atoms with Crippen LogP contribution in [-0.4, -0.2) is 26.7 Å². The third-order valence-electron chi connectivity index (χ3n) is 3.96. The van der Waals surface area contributed by atoms with Gasteiger partial charge in [0.1, 0.15) is 0 Å². The molecule has 0 radical (unpaired) electrons. The third kappa shape index (κ3) is 3.38. The molecule has 1 aromatic rings. The Morgan fingerprint density at radius 1 is 1.40 bits per heavy atom. The summed E-state index contributed by atoms with van der Waals surface area (Å²) in [6, 6.07) is 7.35. The van der Waals surface area contributed by atoms with E-state index in [-0.39, 0.29) is 11.9 Å². The van der Waals surface area contributed by atoms with Crippen molar-refractivity contribution in [2.45, 2.75) is 44.2 Å². The summed E-state index contributed by atoms with van der Waals surface area (Å²) >= 11 is 0. The van der Waals surface area contributed by atoms with Gasteiger partial charge in [-0.3, -0.25) is 0 Å². The van der Waals surface area contributed by atoms with Crippen LogP contribution in [0, 0.1) is 0 Å². The maximum atomic E-state index is 12.4. The van der Waals surface area contributed by atoms with Gasteiger partial charge in [-0.1, -0.05) is 24.3 Å². The van der Waals surface area contributed by atoms with Crippen LogP contribution in [0.15, 0.2) is 24.3 Å². The molecule has 2 rings (SSSR count). The first-order chi connectivity index (χ1) is 9.36. The predicted octanol–water partition coefficient (Wildman–Crippen LogP) is 1.13. The molecular weight excluding hydrogens is 276 g/mol. The number of benzene rings is 1. The summed E-state index contributed by atoms with van der Waals surface area (Å²) in [5, 5.41) is 0. The Balaban J connectivity index is 2.15. The van der Waals surface area contributed by atoms with E-state index >= 15 is 0 Å². The van der Waals surface area contributed by atoms with Gasteiger partial charge in [0, 0.05) is 13.2 Å². The van der Waals surface area contributed by atoms with Crippen molar-refractivity contribution < 1.29 is 13.2 Å². The van der Waals surface area contributed by atoms with Crippen molar-refractivity contribution in [3.05, 3.63) is 35.4 Å². The van der Waals surface area contributed by atoms with Crippen LogP contribution >= 0.6 is 0 Å². The van der Waals surface area contributed by atoms with Crippen LogP contribution in [0.1, 0.15) is 31.4 Å². The highest BCUT2D eigenvalue weighted by Gasteiger charge is 2.40. The molecule has 112 valence electrons. The molecule has 2 atom stereocenters. The predicted molar refractivity (Wildman–Crippen MR) is 78.5 cm³/mol. The fourth-order valence-electron chi connectivity index (χ4n) is 2.46. The number of nitrogens with one attached hydrogen (secondary N) is 1. The van der Waals surface area contributed by atoms with E-state index in [2.05, 4.69) is 4.72 Å². The van der Waals surface area contributed by atoms with Crippen molar-refractivity contribution in [3.63, 3.8) is 0 Å². The lowest BCUT2D eigenvalue weighted by Crippen LogP contribution is -2.50. The molecule has 1 saturated heterocycles. The van der Waals surface area contributed by atoms with Crippen molar-refractivity contribution in [2.75, 3.05) is 6.61 Å². The highest BCUT2D eigenvalue weighted by molar-refractivity contribution is 7.88. The molecule has 5 nitrogen and oxygen atoms in total. The Bertz CT molecular complexity index is 574. The lowest BCUT2D eigenvalue weighted by Gasteiger charge is -2.28. The summed E-state index contributed by atoms with van der Waals surface area (Å²) in [7, 11) is -3.43. The number of ether oxygens (including phenoxy) is 1. The molecule has 1 aliphatic rings. The maximum absolute atomic E-state index is 12.4. The van der Waals surface area contributed by atoms with Crippen molar-refractivity contribution in [3.8, 4) is 0 Å². The molecule has 0 aliphatic carbocycles. The highest BCUT2D eigenvalue weighted by Crippen LogP contribution is 2.26. The van der Waals surface area contributed by atoms with Gasteiger partial charge in [0.05, 0.1) is 17.4 Å². The Morgan fingerprint density at radius 2 is 2.05 bits per heavy atom. The molecule has 0 aromatic heterocycles. The molecule has 1 aromatic carbocycles. The Kier molecular flexibility index (Phi) is 4.49. The van der Waals surface area contributed by atoms with Crippen molar-refractivity contribution in [2.24, 2.45) is 5.73 Å². The lowest BCUT2D eigenvalue weighted by molar-refractivity contribution is 0.0957. The Morgan fingerprint density at radius 3 is 2.60 bits per heavy atom. The summed E-state index contributed by atoms with van der Waals surface area (Å²) in [5.74, 6) is -0.0529. The highest BCUT2D eigenvalue weighted by atomic mass is 32.2. The van der Waals surface area contributed by atoms with E-state index in [1.54, 1.807) is 6.07 Å². The number of hydrogen-bond acceptors (Lipinski definition) is 4. The molecule has 2 unspecified atom stereocenters. The first-order valence-electron chi connectivity index (χ1n) is 6.76. The van der Waals surface area contributed by atoms with Gasteiger partial charge in [-0.25, -0.2) is 13.1 Å². The van der Waals surface area contributed by atoms with E-state index in [1.807, 2.05) is 32.0 Å². The average molecular weight is 298 g/mol. The van der Waals surface area contributed by atoms with Crippen LogP contribution in [0.25, 0.3) is 0 Å². The quantitative estimate of drug-likeness (QED) is 0.854. The van der Waals surface area contributed by atoms with Crippen LogP contribution in [-0.2, 0) is 27.1 Å². The zero-order valence-electron chi connectivity index (χ0n) is 11.9. The minimum absolute atomic E-state index is 0.0529. The summed E-state index contributed by atoms with van der Waals surface area (Å²) in [4.78, 5) is 0. The molecule has 1 aliphatic heterocycles. The van der Waals surface area contributed by atoms with Crippen molar-refractivity contribution >= 4 is 10.0 Å². The van der Waals surface area contributed by atoms with E-state index in [9.17, 15) is 8.42 Å². The van der Waals surface area contributed by atoms with E-state index in [1.165, 1.54) is 0 Å². The first kappa shape index (κ1) is 15.4. The summed E-state index contributed by atoms with van der Waals surface area (Å²) < 4.78 is 33.0. The van der Waals surface area contributed by atoms with Gasteiger partial charge in [-0.15, -0.1) is 0 Å². The molecular formula is C14H22N2O3S. The number of rotatable bonds is 5. The maximum Gasteiger partial charge on any atom is 0.216 e. The van der Waals surface area contributed by atoms with Crippen LogP contribution in [0.4, 0.5) is 0 Å². The standard InChI is InChI=1S/C14H22N2O3S/c1-11-14(2,7-8-19-11)16-20(17,18)10-13-6-4-3-5-12(13)9-15/h3-6,11,16H,7-10,15H2,1-2H3. The SMILES string of the molecule is CC1OCCC1(C)NS(=O)(=O)Cc1ccccc1CN. The first-order valence-corrected chi connectivity index (χ1v) is 8.42. The average Bonchev–Trinajstić information content (AvgIpc) is 2.68. The van der Waals surface area contributed by atoms with Gasteiger partial charge in [-0.2, -0.15) is 0 Å². The second-order valence-corrected chi connectivity index (χ2v) is 7.24. The van der Waals surface area contributed by atoms with Gasteiger partial charge in [0.2, 0.25) is 10.0 Å². The Hall–Kier alpha value is -0.950. The zero-order valence-corrected chi connectivity index (χ0v) is 12.7. The third-order valence-corrected chi connectivity index (χ3v) is 5.43. The fourth-order valence-corrected chi connectivity index (χ4v) is 4.20. The van der Waals surface area contributed by atoms with Crippen molar-refractivity contribution in [1.82, 2.24) is 4.72 Å². The molecule has 0 saturated carbocycles. The summed E-state index contributed by atoms with van der Waals surface area (Å²) in [6.45, 7) is 4.70. The van der Waals surface area contributed by atoms with Gasteiger partial charge in [0.15, 0.2) is 0 Å². The molecule has 1 heterocycles. The van der Waals surface area contributed by atoms with E-state index in [0.717, 1.165) is 11.1 Å². The number of sulfonamides is 1. The molecule has 0 bridgehead atoms. The van der Waals surface area contributed by atoms with Gasteiger partial charge in [-0.05, 0) is 31.4 Å². The molecule has 1 fully saturated rings. The molecule has 3 N–H and O–H groups in total. The van der Waals surface area contributed by atoms with Gasteiger partial charge in [0.25, 0.3) is 0 Å². The summed E-state index contributed by atoms with van der Waals surface area (Å²) in [5.41, 5.74) is 6.72. The smallest absolute Gasteiger partial charge is 0.216 e.